The largest absolute Gasteiger partial charge is 0.511 e. The van der Waals surface area contributed by atoms with E-state index < -0.39 is 5.97 Å². The maximum atomic E-state index is 11.5. The van der Waals surface area contributed by atoms with Crippen LogP contribution < -0.4 is 5.32 Å². The van der Waals surface area contributed by atoms with Crippen LogP contribution in [0.15, 0.2) is 107 Å². The molecular weight excluding hydrogens is 492 g/mol. The Bertz CT molecular complexity index is 1580. The van der Waals surface area contributed by atoms with Gasteiger partial charge in [-0.3, -0.25) is 4.79 Å². The van der Waals surface area contributed by atoms with Gasteiger partial charge in [-0.25, -0.2) is 15.0 Å². The topological polar surface area (TPSA) is 127 Å². The Balaban J connectivity index is 1.59. The number of aliphatic hydroxyl groups excluding tert-OH is 2. The van der Waals surface area contributed by atoms with Gasteiger partial charge in [-0.2, -0.15) is 0 Å². The van der Waals surface area contributed by atoms with Crippen LogP contribution in [-0.4, -0.2) is 45.0 Å². The number of hydrogen-bond donors (Lipinski definition) is 4. The highest BCUT2D eigenvalue weighted by Gasteiger charge is 2.41. The maximum Gasteiger partial charge on any atom is 0.303 e. The van der Waals surface area contributed by atoms with E-state index in [-0.39, 0.29) is 30.6 Å². The highest BCUT2D eigenvalue weighted by Crippen LogP contribution is 2.46. The fourth-order valence-corrected chi connectivity index (χ4v) is 6.29. The molecule has 5 aliphatic heterocycles. The van der Waals surface area contributed by atoms with Crippen LogP contribution in [0.2, 0.25) is 0 Å². The van der Waals surface area contributed by atoms with E-state index in [0.717, 1.165) is 79.8 Å². The standard InChI is InChI=1S/C31H32N4O4/c1-5-17-8-18-9-26-21(13-36)15(3)22(33-26)11-23-14(2)19(6-7-28(38)39)30(34-23)20-10-27(37)29-16(4)24(35-31(20)29)12-25(17)32-18/h8-9,11-12,14,19,34,36-37H,5-7,10,13H2,1-4H3,(H,38,39)/t14-,19-/m0/s1. The summed E-state index contributed by atoms with van der Waals surface area (Å²) in [6.07, 6.45) is 9.60. The molecule has 1 saturated heterocycles. The molecular formula is C31H32N4O4. The van der Waals surface area contributed by atoms with E-state index >= 15 is 0 Å². The van der Waals surface area contributed by atoms with Crippen molar-refractivity contribution >= 4 is 23.1 Å². The number of hydrogen-bond acceptors (Lipinski definition) is 7. The van der Waals surface area contributed by atoms with E-state index in [0.29, 0.717) is 18.5 Å². The van der Waals surface area contributed by atoms with Crippen LogP contribution in [0.25, 0.3) is 0 Å². The predicted octanol–water partition coefficient (Wildman–Crippen LogP) is 5.12. The zero-order valence-corrected chi connectivity index (χ0v) is 22.6. The number of nitrogens with one attached hydrogen (secondary N) is 1. The van der Waals surface area contributed by atoms with Gasteiger partial charge in [0.25, 0.3) is 0 Å². The Hall–Kier alpha value is -4.04. The smallest absolute Gasteiger partial charge is 0.303 e. The first-order valence-electron chi connectivity index (χ1n) is 13.5. The first-order valence-corrected chi connectivity index (χ1v) is 13.5. The summed E-state index contributed by atoms with van der Waals surface area (Å²) in [6, 6.07) is 0. The number of rotatable bonds is 5. The monoisotopic (exact) mass is 524 g/mol. The van der Waals surface area contributed by atoms with Gasteiger partial charge in [-0.15, -0.1) is 0 Å². The van der Waals surface area contributed by atoms with E-state index in [2.05, 4.69) is 25.2 Å². The van der Waals surface area contributed by atoms with Crippen molar-refractivity contribution in [3.05, 3.63) is 92.0 Å². The van der Waals surface area contributed by atoms with E-state index in [1.807, 2.05) is 32.1 Å². The van der Waals surface area contributed by atoms with Crippen LogP contribution in [0.4, 0.5) is 0 Å². The molecule has 0 radical (unpaired) electrons. The number of aliphatic hydroxyl groups is 2. The third-order valence-electron chi connectivity index (χ3n) is 8.56. The minimum absolute atomic E-state index is 0.00270. The molecule has 0 aromatic rings. The van der Waals surface area contributed by atoms with Crippen LogP contribution >= 0.6 is 0 Å². The van der Waals surface area contributed by atoms with Crippen LogP contribution in [0.3, 0.4) is 0 Å². The average molecular weight is 525 g/mol. The van der Waals surface area contributed by atoms with Crippen molar-refractivity contribution < 1.29 is 20.1 Å². The van der Waals surface area contributed by atoms with E-state index in [1.165, 1.54) is 0 Å². The molecule has 6 rings (SSSR count). The van der Waals surface area contributed by atoms with E-state index in [4.69, 9.17) is 15.0 Å². The molecule has 6 aliphatic rings. The van der Waals surface area contributed by atoms with Gasteiger partial charge in [0.2, 0.25) is 0 Å². The molecule has 1 fully saturated rings. The molecule has 200 valence electrons. The van der Waals surface area contributed by atoms with Crippen molar-refractivity contribution in [2.24, 2.45) is 26.8 Å². The number of aliphatic carboxylic acids is 1. The second-order valence-electron chi connectivity index (χ2n) is 10.8. The van der Waals surface area contributed by atoms with Gasteiger partial charge in [-0.05, 0) is 67.7 Å². The summed E-state index contributed by atoms with van der Waals surface area (Å²) in [4.78, 5) is 26.3. The second-order valence-corrected chi connectivity index (χ2v) is 10.8. The first kappa shape index (κ1) is 25.2. The van der Waals surface area contributed by atoms with E-state index in [9.17, 15) is 20.1 Å². The molecule has 8 heteroatoms. The summed E-state index contributed by atoms with van der Waals surface area (Å²) < 4.78 is 0. The van der Waals surface area contributed by atoms with Crippen molar-refractivity contribution in [2.45, 2.75) is 53.4 Å². The summed E-state index contributed by atoms with van der Waals surface area (Å²) in [5.41, 5.74) is 11.7. The fourth-order valence-electron chi connectivity index (χ4n) is 6.29. The van der Waals surface area contributed by atoms with Crippen LogP contribution in [0.1, 0.15) is 53.4 Å². The van der Waals surface area contributed by atoms with Crippen LogP contribution in [0.5, 0.6) is 0 Å². The van der Waals surface area contributed by atoms with Gasteiger partial charge >= 0.3 is 5.97 Å². The molecule has 39 heavy (non-hydrogen) atoms. The Labute approximate surface area is 227 Å². The number of aliphatic imine (C=N–C) groups is 3. The molecule has 5 heterocycles. The van der Waals surface area contributed by atoms with Crippen molar-refractivity contribution in [1.82, 2.24) is 5.32 Å². The Kier molecular flexibility index (Phi) is 6.03. The minimum atomic E-state index is -0.836. The summed E-state index contributed by atoms with van der Waals surface area (Å²) in [7, 11) is 0. The zero-order valence-electron chi connectivity index (χ0n) is 22.6. The molecule has 0 amide bonds. The maximum absolute atomic E-state index is 11.5. The molecule has 0 aromatic heterocycles. The number of carbonyl (C=O) groups is 1. The quantitative estimate of drug-likeness (QED) is 0.397. The lowest BCUT2D eigenvalue weighted by atomic mass is 9.86. The highest BCUT2D eigenvalue weighted by molar-refractivity contribution is 6.21. The SMILES string of the molecule is CCC1=CC2=NC1=CC1=C(C)C3=C(O)CC(=C4NC(=CC5=NC(=C2)C(CO)=C5C)[C@@H](C)[C@@H]4CCC(=O)O)C3=N1. The second kappa shape index (κ2) is 9.31. The van der Waals surface area contributed by atoms with Crippen LogP contribution in [-0.2, 0) is 4.79 Å². The van der Waals surface area contributed by atoms with Gasteiger partial charge < -0.3 is 20.6 Å². The summed E-state index contributed by atoms with van der Waals surface area (Å²) in [5.74, 6) is -0.626. The predicted molar refractivity (Wildman–Crippen MR) is 151 cm³/mol. The number of fused-ring (bicyclic) bond motifs is 5. The molecule has 8 bridgehead atoms. The molecule has 0 saturated carbocycles. The molecule has 0 aromatic carbocycles. The van der Waals surface area contributed by atoms with Gasteiger partial charge in [0, 0.05) is 52.8 Å². The lowest BCUT2D eigenvalue weighted by molar-refractivity contribution is -0.137. The van der Waals surface area contributed by atoms with Gasteiger partial charge in [0.15, 0.2) is 0 Å². The Morgan fingerprint density at radius 3 is 2.59 bits per heavy atom. The molecule has 0 unspecified atom stereocenters. The molecule has 8 nitrogen and oxygen atoms in total. The Morgan fingerprint density at radius 2 is 1.87 bits per heavy atom. The molecule has 1 aliphatic carbocycles. The number of nitrogens with zero attached hydrogens (tertiary/aromatic N) is 3. The fraction of sp³-hybridized carbons (Fsp3) is 0.355. The molecule has 2 atom stereocenters. The molecule has 0 spiro atoms. The third-order valence-corrected chi connectivity index (χ3v) is 8.56. The molecule has 4 N–H and O–H groups in total. The van der Waals surface area contributed by atoms with Gasteiger partial charge in [-0.1, -0.05) is 13.8 Å². The Morgan fingerprint density at radius 1 is 1.08 bits per heavy atom. The van der Waals surface area contributed by atoms with Gasteiger partial charge in [0.1, 0.15) is 5.76 Å². The van der Waals surface area contributed by atoms with Crippen molar-refractivity contribution in [1.29, 1.82) is 0 Å². The number of carboxylic acids is 1. The summed E-state index contributed by atoms with van der Waals surface area (Å²) in [5, 5.41) is 34.3. The number of carboxylic acid groups (broad SMARTS) is 1. The van der Waals surface area contributed by atoms with Crippen molar-refractivity contribution in [3.8, 4) is 0 Å². The van der Waals surface area contributed by atoms with Crippen molar-refractivity contribution in [3.63, 3.8) is 0 Å². The first-order chi connectivity index (χ1) is 18.7. The summed E-state index contributed by atoms with van der Waals surface area (Å²) >= 11 is 0. The van der Waals surface area contributed by atoms with Crippen LogP contribution in [0, 0.1) is 11.8 Å². The lowest BCUT2D eigenvalue weighted by Crippen LogP contribution is -2.15. The van der Waals surface area contributed by atoms with E-state index in [1.54, 1.807) is 0 Å². The van der Waals surface area contributed by atoms with Gasteiger partial charge in [0.05, 0.1) is 40.8 Å². The lowest BCUT2D eigenvalue weighted by Gasteiger charge is -2.17. The number of allylic oxidation sites excluding steroid dienone is 11. The average Bonchev–Trinajstić information content (AvgIpc) is 3.66. The zero-order chi connectivity index (χ0) is 27.6. The van der Waals surface area contributed by atoms with Crippen molar-refractivity contribution in [2.75, 3.05) is 6.61 Å². The third kappa shape index (κ3) is 4.01. The minimum Gasteiger partial charge on any atom is -0.511 e. The highest BCUT2D eigenvalue weighted by atomic mass is 16.4. The normalized spacial score (nSPS) is 25.5. The summed E-state index contributed by atoms with van der Waals surface area (Å²) in [6.45, 7) is 7.98.